The second kappa shape index (κ2) is 13.7. The number of hydrogen-bond acceptors (Lipinski definition) is 5. The summed E-state index contributed by atoms with van der Waals surface area (Å²) < 4.78 is 18.0. The number of benzene rings is 2. The smallest absolute Gasteiger partial charge is 0.139 e. The van der Waals surface area contributed by atoms with Crippen LogP contribution in [0, 0.1) is 0 Å². The van der Waals surface area contributed by atoms with E-state index >= 15 is 0 Å². The van der Waals surface area contributed by atoms with Crippen molar-refractivity contribution in [1.29, 1.82) is 0 Å². The first-order chi connectivity index (χ1) is 14.2. The quantitative estimate of drug-likeness (QED) is 0.330. The Labute approximate surface area is 198 Å². The minimum Gasteiger partial charge on any atom is -0.492 e. The lowest BCUT2D eigenvalue weighted by Gasteiger charge is -2.17. The molecule has 0 unspecified atom stereocenters. The molecule has 5 nitrogen and oxygen atoms in total. The molecule has 3 aromatic rings. The van der Waals surface area contributed by atoms with Gasteiger partial charge in [0, 0.05) is 36.0 Å². The van der Waals surface area contributed by atoms with Crippen LogP contribution in [0.5, 0.6) is 11.5 Å². The van der Waals surface area contributed by atoms with Gasteiger partial charge in [0.1, 0.15) is 35.9 Å². The molecule has 0 saturated carbocycles. The van der Waals surface area contributed by atoms with Gasteiger partial charge in [-0.15, -0.1) is 24.8 Å². The van der Waals surface area contributed by atoms with Gasteiger partial charge < -0.3 is 23.7 Å². The van der Waals surface area contributed by atoms with Gasteiger partial charge >= 0.3 is 0 Å². The van der Waals surface area contributed by atoms with Crippen LogP contribution in [0.1, 0.15) is 27.7 Å². The lowest BCUT2D eigenvalue weighted by molar-refractivity contribution is 0.223. The largest absolute Gasteiger partial charge is 0.492 e. The normalized spacial score (nSPS) is 11.0. The summed E-state index contributed by atoms with van der Waals surface area (Å²) in [6, 6.07) is 12.2. The SMILES string of the molecule is CCN(CC)CCOc1ccc2c(c1)oc1cc(OCCN(CC)CC)ccc12.Cl.Cl. The molecular formula is C24H36Cl2N2O3. The van der Waals surface area contributed by atoms with Crippen LogP contribution >= 0.6 is 24.8 Å². The number of rotatable bonds is 12. The molecule has 1 heterocycles. The van der Waals surface area contributed by atoms with E-state index in [4.69, 9.17) is 13.9 Å². The van der Waals surface area contributed by atoms with Crippen molar-refractivity contribution in [3.63, 3.8) is 0 Å². The van der Waals surface area contributed by atoms with E-state index in [0.717, 1.165) is 72.7 Å². The maximum atomic E-state index is 6.09. The summed E-state index contributed by atoms with van der Waals surface area (Å²) >= 11 is 0. The zero-order chi connectivity index (χ0) is 20.6. The first-order valence-electron chi connectivity index (χ1n) is 10.8. The van der Waals surface area contributed by atoms with Crippen molar-refractivity contribution in [3.8, 4) is 11.5 Å². The summed E-state index contributed by atoms with van der Waals surface area (Å²) in [5, 5.41) is 2.21. The molecule has 0 aliphatic heterocycles. The second-order valence-corrected chi connectivity index (χ2v) is 7.17. The van der Waals surface area contributed by atoms with Crippen LogP contribution in [-0.4, -0.2) is 62.3 Å². The first-order valence-corrected chi connectivity index (χ1v) is 10.8. The molecule has 0 atom stereocenters. The van der Waals surface area contributed by atoms with Gasteiger partial charge in [0.2, 0.25) is 0 Å². The number of ether oxygens (including phenoxy) is 2. The standard InChI is InChI=1S/C24H34N2O3.2ClH/c1-5-25(6-2)13-15-27-19-9-11-21-22-12-10-20(18-24(22)29-23(21)17-19)28-16-14-26(7-3)8-4;;/h9-12,17-18H,5-8,13-16H2,1-4H3;2*1H. The molecule has 0 N–H and O–H groups in total. The van der Waals surface area contributed by atoms with E-state index in [1.807, 2.05) is 24.3 Å². The summed E-state index contributed by atoms with van der Waals surface area (Å²) in [7, 11) is 0. The zero-order valence-corrected chi connectivity index (χ0v) is 20.7. The molecule has 0 aliphatic carbocycles. The molecule has 1 aromatic heterocycles. The van der Waals surface area contributed by atoms with Crippen LogP contribution in [0.3, 0.4) is 0 Å². The van der Waals surface area contributed by atoms with E-state index in [1.165, 1.54) is 0 Å². The van der Waals surface area contributed by atoms with Crippen molar-refractivity contribution in [1.82, 2.24) is 9.80 Å². The monoisotopic (exact) mass is 470 g/mol. The number of fused-ring (bicyclic) bond motifs is 3. The average molecular weight is 471 g/mol. The van der Waals surface area contributed by atoms with Gasteiger partial charge in [0.05, 0.1) is 0 Å². The maximum absolute atomic E-state index is 6.09. The van der Waals surface area contributed by atoms with Crippen molar-refractivity contribution in [2.75, 3.05) is 52.5 Å². The Kier molecular flexibility index (Phi) is 12.1. The van der Waals surface area contributed by atoms with Crippen LogP contribution in [0.4, 0.5) is 0 Å². The van der Waals surface area contributed by atoms with Gasteiger partial charge in [-0.1, -0.05) is 27.7 Å². The van der Waals surface area contributed by atoms with E-state index in [0.29, 0.717) is 13.2 Å². The third-order valence-corrected chi connectivity index (χ3v) is 5.56. The summed E-state index contributed by atoms with van der Waals surface area (Å²) in [5.41, 5.74) is 1.70. The Morgan fingerprint density at radius 3 is 1.39 bits per heavy atom. The lowest BCUT2D eigenvalue weighted by Crippen LogP contribution is -2.27. The van der Waals surface area contributed by atoms with E-state index in [-0.39, 0.29) is 24.8 Å². The highest BCUT2D eigenvalue weighted by atomic mass is 35.5. The number of furan rings is 1. The van der Waals surface area contributed by atoms with Crippen molar-refractivity contribution >= 4 is 46.8 Å². The van der Waals surface area contributed by atoms with Gasteiger partial charge in [0.25, 0.3) is 0 Å². The molecule has 31 heavy (non-hydrogen) atoms. The molecule has 2 aromatic carbocycles. The van der Waals surface area contributed by atoms with Crippen molar-refractivity contribution < 1.29 is 13.9 Å². The number of halogens is 2. The molecule has 0 spiro atoms. The van der Waals surface area contributed by atoms with Crippen LogP contribution < -0.4 is 9.47 Å². The van der Waals surface area contributed by atoms with Gasteiger partial charge in [-0.05, 0) is 50.4 Å². The Morgan fingerprint density at radius 2 is 1.03 bits per heavy atom. The average Bonchev–Trinajstić information content (AvgIpc) is 3.11. The maximum Gasteiger partial charge on any atom is 0.139 e. The number of nitrogens with zero attached hydrogens (tertiary/aromatic N) is 2. The summed E-state index contributed by atoms with van der Waals surface area (Å²) in [6.07, 6.45) is 0. The molecule has 7 heteroatoms. The van der Waals surface area contributed by atoms with Gasteiger partial charge in [-0.25, -0.2) is 0 Å². The summed E-state index contributed by atoms with van der Waals surface area (Å²) in [6.45, 7) is 16.1. The fraction of sp³-hybridized carbons (Fsp3) is 0.500. The molecule has 0 saturated heterocycles. The zero-order valence-electron chi connectivity index (χ0n) is 19.1. The predicted octanol–water partition coefficient (Wildman–Crippen LogP) is 5.87. The molecular weight excluding hydrogens is 435 g/mol. The highest BCUT2D eigenvalue weighted by molar-refractivity contribution is 6.05. The van der Waals surface area contributed by atoms with E-state index in [9.17, 15) is 0 Å². The highest BCUT2D eigenvalue weighted by Gasteiger charge is 2.10. The van der Waals surface area contributed by atoms with Gasteiger partial charge in [-0.3, -0.25) is 0 Å². The van der Waals surface area contributed by atoms with Crippen molar-refractivity contribution in [2.45, 2.75) is 27.7 Å². The predicted molar refractivity (Wildman–Crippen MR) is 135 cm³/mol. The van der Waals surface area contributed by atoms with Crippen molar-refractivity contribution in [2.24, 2.45) is 0 Å². The molecule has 174 valence electrons. The minimum absolute atomic E-state index is 0. The number of likely N-dealkylation sites (N-methyl/N-ethyl adjacent to an activating group) is 2. The molecule has 0 radical (unpaired) electrons. The number of hydrogen-bond donors (Lipinski definition) is 0. The second-order valence-electron chi connectivity index (χ2n) is 7.17. The summed E-state index contributed by atoms with van der Waals surface area (Å²) in [5.74, 6) is 1.69. The lowest BCUT2D eigenvalue weighted by atomic mass is 10.1. The fourth-order valence-electron chi connectivity index (χ4n) is 3.58. The van der Waals surface area contributed by atoms with Gasteiger partial charge in [-0.2, -0.15) is 0 Å². The van der Waals surface area contributed by atoms with Crippen LogP contribution in [0.2, 0.25) is 0 Å². The van der Waals surface area contributed by atoms with Gasteiger partial charge in [0.15, 0.2) is 0 Å². The Hall–Kier alpha value is -1.66. The van der Waals surface area contributed by atoms with Crippen molar-refractivity contribution in [3.05, 3.63) is 36.4 Å². The Bertz CT molecular complexity index is 836. The highest BCUT2D eigenvalue weighted by Crippen LogP contribution is 2.33. The molecule has 0 fully saturated rings. The third kappa shape index (κ3) is 7.18. The Morgan fingerprint density at radius 1 is 0.645 bits per heavy atom. The topological polar surface area (TPSA) is 38.1 Å². The first kappa shape index (κ1) is 27.4. The third-order valence-electron chi connectivity index (χ3n) is 5.56. The minimum atomic E-state index is 0. The molecule has 0 amide bonds. The van der Waals surface area contributed by atoms with Crippen LogP contribution in [0.25, 0.3) is 21.9 Å². The van der Waals surface area contributed by atoms with Crippen LogP contribution in [-0.2, 0) is 0 Å². The Balaban J connectivity index is 0.00000240. The fourth-order valence-corrected chi connectivity index (χ4v) is 3.58. The van der Waals surface area contributed by atoms with E-state index < -0.39 is 0 Å². The molecule has 0 aliphatic rings. The van der Waals surface area contributed by atoms with Crippen LogP contribution in [0.15, 0.2) is 40.8 Å². The summed E-state index contributed by atoms with van der Waals surface area (Å²) in [4.78, 5) is 4.70. The molecule has 0 bridgehead atoms. The van der Waals surface area contributed by atoms with E-state index in [2.05, 4.69) is 49.6 Å². The van der Waals surface area contributed by atoms with E-state index in [1.54, 1.807) is 0 Å². The molecule has 3 rings (SSSR count).